The molecule has 8 heteroatoms. The molecule has 0 saturated carbocycles. The van der Waals surface area contributed by atoms with Gasteiger partial charge in [0.2, 0.25) is 0 Å². The Morgan fingerprint density at radius 1 is 1.25 bits per heavy atom. The third kappa shape index (κ3) is 4.31. The molecule has 0 aliphatic rings. The molecule has 0 fully saturated rings. The quantitative estimate of drug-likeness (QED) is 0.711. The fraction of sp³-hybridized carbons (Fsp3) is 0.375. The Morgan fingerprint density at radius 3 is 2.58 bits per heavy atom. The van der Waals surface area contributed by atoms with Crippen molar-refractivity contribution in [3.05, 3.63) is 35.7 Å². The van der Waals surface area contributed by atoms with E-state index >= 15 is 0 Å². The van der Waals surface area contributed by atoms with Crippen LogP contribution in [0.15, 0.2) is 24.3 Å². The molecule has 0 saturated heterocycles. The maximum Gasteiger partial charge on any atom is 0.303 e. The predicted molar refractivity (Wildman–Crippen MR) is 86.5 cm³/mol. The Kier molecular flexibility index (Phi) is 5.89. The van der Waals surface area contributed by atoms with Gasteiger partial charge in [0.1, 0.15) is 5.75 Å². The monoisotopic (exact) mass is 332 g/mol. The lowest BCUT2D eigenvalue weighted by molar-refractivity contribution is -0.137. The van der Waals surface area contributed by atoms with Crippen LogP contribution in [0.2, 0.25) is 0 Å². The van der Waals surface area contributed by atoms with Crippen molar-refractivity contribution in [2.24, 2.45) is 0 Å². The fourth-order valence-corrected chi connectivity index (χ4v) is 2.19. The molecular weight excluding hydrogens is 312 g/mol. The standard InChI is InChI=1S/C16H20N4O4/c1-11-15(16(23)17-10-4-3-5-14(21)22)18-19-20(11)12-6-8-13(24-2)9-7-12/h6-9H,3-5,10H2,1-2H3,(H,17,23)(H,21,22). The normalized spacial score (nSPS) is 10.4. The number of nitrogens with zero attached hydrogens (tertiary/aromatic N) is 3. The summed E-state index contributed by atoms with van der Waals surface area (Å²) in [4.78, 5) is 22.6. The average molecular weight is 332 g/mol. The van der Waals surface area contributed by atoms with Gasteiger partial charge in [0.15, 0.2) is 5.69 Å². The van der Waals surface area contributed by atoms with E-state index in [2.05, 4.69) is 15.6 Å². The first kappa shape index (κ1) is 17.5. The van der Waals surface area contributed by atoms with Crippen LogP contribution in [-0.2, 0) is 4.79 Å². The van der Waals surface area contributed by atoms with Crippen molar-refractivity contribution in [3.63, 3.8) is 0 Å². The van der Waals surface area contributed by atoms with Gasteiger partial charge < -0.3 is 15.2 Å². The summed E-state index contributed by atoms with van der Waals surface area (Å²) in [7, 11) is 1.59. The molecule has 1 aromatic carbocycles. The lowest BCUT2D eigenvalue weighted by Gasteiger charge is -2.06. The van der Waals surface area contributed by atoms with Crippen molar-refractivity contribution in [1.82, 2.24) is 20.3 Å². The number of rotatable bonds is 8. The first-order valence-electron chi connectivity index (χ1n) is 7.59. The molecule has 8 nitrogen and oxygen atoms in total. The number of carbonyl (C=O) groups excluding carboxylic acids is 1. The molecule has 1 amide bonds. The molecule has 2 N–H and O–H groups in total. The third-order valence-electron chi connectivity index (χ3n) is 3.53. The predicted octanol–water partition coefficient (Wildman–Crippen LogP) is 1.57. The van der Waals surface area contributed by atoms with Crippen molar-refractivity contribution in [3.8, 4) is 11.4 Å². The Morgan fingerprint density at radius 2 is 1.96 bits per heavy atom. The van der Waals surface area contributed by atoms with Crippen LogP contribution in [0.4, 0.5) is 0 Å². The number of ether oxygens (including phenoxy) is 1. The maximum atomic E-state index is 12.1. The Balaban J connectivity index is 1.98. The van der Waals surface area contributed by atoms with Gasteiger partial charge in [0, 0.05) is 13.0 Å². The highest BCUT2D eigenvalue weighted by Crippen LogP contribution is 2.16. The molecule has 24 heavy (non-hydrogen) atoms. The van der Waals surface area contributed by atoms with Gasteiger partial charge in [0.25, 0.3) is 5.91 Å². The molecule has 0 radical (unpaired) electrons. The van der Waals surface area contributed by atoms with Gasteiger partial charge in [-0.1, -0.05) is 5.21 Å². The Bertz CT molecular complexity index is 709. The highest BCUT2D eigenvalue weighted by molar-refractivity contribution is 5.93. The van der Waals surface area contributed by atoms with E-state index in [1.165, 1.54) is 0 Å². The van der Waals surface area contributed by atoms with Crippen LogP contribution in [0.3, 0.4) is 0 Å². The fourth-order valence-electron chi connectivity index (χ4n) is 2.19. The lowest BCUT2D eigenvalue weighted by Crippen LogP contribution is -2.25. The largest absolute Gasteiger partial charge is 0.497 e. The van der Waals surface area contributed by atoms with E-state index in [0.29, 0.717) is 25.1 Å². The number of carboxylic acids is 1. The first-order chi connectivity index (χ1) is 11.5. The lowest BCUT2D eigenvalue weighted by atomic mass is 10.2. The summed E-state index contributed by atoms with van der Waals surface area (Å²) < 4.78 is 6.69. The van der Waals surface area contributed by atoms with Crippen LogP contribution >= 0.6 is 0 Å². The number of aliphatic carboxylic acids is 1. The number of amides is 1. The first-order valence-corrected chi connectivity index (χ1v) is 7.59. The van der Waals surface area contributed by atoms with Crippen molar-refractivity contribution in [1.29, 1.82) is 0 Å². The summed E-state index contributed by atoms with van der Waals surface area (Å²) in [6, 6.07) is 7.26. The molecule has 0 aliphatic carbocycles. The summed E-state index contributed by atoms with van der Waals surface area (Å²) in [5, 5.41) is 19.2. The number of nitrogens with one attached hydrogen (secondary N) is 1. The van der Waals surface area contributed by atoms with Crippen LogP contribution in [0.1, 0.15) is 35.4 Å². The zero-order valence-electron chi connectivity index (χ0n) is 13.7. The van der Waals surface area contributed by atoms with Crippen LogP contribution in [0.25, 0.3) is 5.69 Å². The number of hydrogen-bond acceptors (Lipinski definition) is 5. The van der Waals surface area contributed by atoms with E-state index in [4.69, 9.17) is 9.84 Å². The zero-order valence-corrected chi connectivity index (χ0v) is 13.7. The van der Waals surface area contributed by atoms with E-state index in [1.807, 2.05) is 12.1 Å². The minimum Gasteiger partial charge on any atom is -0.497 e. The Labute approximate surface area is 139 Å². The summed E-state index contributed by atoms with van der Waals surface area (Å²) in [6.45, 7) is 2.17. The van der Waals surface area contributed by atoms with Gasteiger partial charge in [-0.2, -0.15) is 0 Å². The highest BCUT2D eigenvalue weighted by atomic mass is 16.5. The molecule has 0 spiro atoms. The smallest absolute Gasteiger partial charge is 0.303 e. The number of aromatic nitrogens is 3. The minimum absolute atomic E-state index is 0.0998. The third-order valence-corrected chi connectivity index (χ3v) is 3.53. The molecule has 2 rings (SSSR count). The molecule has 0 atom stereocenters. The van der Waals surface area contributed by atoms with Crippen LogP contribution in [0.5, 0.6) is 5.75 Å². The number of carboxylic acid groups (broad SMARTS) is 1. The number of unbranched alkanes of at least 4 members (excludes halogenated alkanes) is 1. The topological polar surface area (TPSA) is 106 Å². The average Bonchev–Trinajstić information content (AvgIpc) is 2.96. The highest BCUT2D eigenvalue weighted by Gasteiger charge is 2.16. The second kappa shape index (κ2) is 8.09. The molecule has 0 bridgehead atoms. The molecular formula is C16H20N4O4. The van der Waals surface area contributed by atoms with Crippen LogP contribution in [-0.4, -0.2) is 45.6 Å². The van der Waals surface area contributed by atoms with Gasteiger partial charge >= 0.3 is 5.97 Å². The summed E-state index contributed by atoms with van der Waals surface area (Å²) in [5.74, 6) is -0.418. The van der Waals surface area contributed by atoms with E-state index in [-0.39, 0.29) is 18.0 Å². The van der Waals surface area contributed by atoms with E-state index in [9.17, 15) is 9.59 Å². The van der Waals surface area contributed by atoms with Crippen molar-refractivity contribution in [2.45, 2.75) is 26.2 Å². The Hall–Kier alpha value is -2.90. The van der Waals surface area contributed by atoms with E-state index < -0.39 is 5.97 Å². The molecule has 0 aliphatic heterocycles. The van der Waals surface area contributed by atoms with E-state index in [1.54, 1.807) is 30.8 Å². The summed E-state index contributed by atoms with van der Waals surface area (Å²) >= 11 is 0. The van der Waals surface area contributed by atoms with Gasteiger partial charge in [-0.25, -0.2) is 4.68 Å². The summed E-state index contributed by atoms with van der Waals surface area (Å²) in [5.41, 5.74) is 1.66. The number of benzene rings is 1. The van der Waals surface area contributed by atoms with Crippen molar-refractivity contribution in [2.75, 3.05) is 13.7 Å². The van der Waals surface area contributed by atoms with Gasteiger partial charge in [-0.3, -0.25) is 9.59 Å². The molecule has 2 aromatic rings. The number of hydrogen-bond donors (Lipinski definition) is 2. The summed E-state index contributed by atoms with van der Waals surface area (Å²) in [6.07, 6.45) is 1.22. The molecule has 0 unspecified atom stereocenters. The van der Waals surface area contributed by atoms with Crippen molar-refractivity contribution < 1.29 is 19.4 Å². The van der Waals surface area contributed by atoms with Crippen molar-refractivity contribution >= 4 is 11.9 Å². The second-order valence-corrected chi connectivity index (χ2v) is 5.24. The second-order valence-electron chi connectivity index (χ2n) is 5.24. The molecule has 1 aromatic heterocycles. The molecule has 1 heterocycles. The van der Waals surface area contributed by atoms with Crippen LogP contribution < -0.4 is 10.1 Å². The van der Waals surface area contributed by atoms with Gasteiger partial charge in [-0.15, -0.1) is 5.10 Å². The van der Waals surface area contributed by atoms with Gasteiger partial charge in [-0.05, 0) is 44.0 Å². The SMILES string of the molecule is COc1ccc(-n2nnc(C(=O)NCCCCC(=O)O)c2C)cc1. The molecule has 128 valence electrons. The van der Waals surface area contributed by atoms with Gasteiger partial charge in [0.05, 0.1) is 18.5 Å². The van der Waals surface area contributed by atoms with E-state index in [0.717, 1.165) is 11.4 Å². The van der Waals surface area contributed by atoms with Crippen LogP contribution in [0, 0.1) is 6.92 Å². The number of methoxy groups -OCH3 is 1. The minimum atomic E-state index is -0.834. The zero-order chi connectivity index (χ0) is 17.5. The number of carbonyl (C=O) groups is 2. The maximum absolute atomic E-state index is 12.1.